The van der Waals surface area contributed by atoms with Crippen LogP contribution in [0, 0.1) is 0 Å². The van der Waals surface area contributed by atoms with E-state index in [0.29, 0.717) is 5.39 Å². The first-order valence-corrected chi connectivity index (χ1v) is 6.23. The van der Waals surface area contributed by atoms with E-state index >= 15 is 0 Å². The molecule has 2 nitrogen and oxygen atoms in total. The van der Waals surface area contributed by atoms with Crippen LogP contribution in [0.1, 0.15) is 17.3 Å². The van der Waals surface area contributed by atoms with Crippen LogP contribution in [0.3, 0.4) is 0 Å². The van der Waals surface area contributed by atoms with Crippen LogP contribution in [0.4, 0.5) is 22.0 Å². The molecular formula is C15H11F5O2. The Morgan fingerprint density at radius 2 is 1.59 bits per heavy atom. The fourth-order valence-electron chi connectivity index (χ4n) is 1.95. The first-order chi connectivity index (χ1) is 10.1. The Kier molecular flexibility index (Phi) is 4.08. The summed E-state index contributed by atoms with van der Waals surface area (Å²) in [4.78, 5) is 11.7. The summed E-state index contributed by atoms with van der Waals surface area (Å²) in [6.07, 6.45) is -8.84. The molecule has 0 aliphatic heterocycles. The lowest BCUT2D eigenvalue weighted by molar-refractivity contribution is -0.263. The van der Waals surface area contributed by atoms with Gasteiger partial charge in [-0.1, -0.05) is 30.3 Å². The highest BCUT2D eigenvalue weighted by Crippen LogP contribution is 2.35. The van der Waals surface area contributed by atoms with E-state index in [1.54, 1.807) is 24.3 Å². The van der Waals surface area contributed by atoms with Crippen LogP contribution < -0.4 is 0 Å². The number of ether oxygens (including phenoxy) is 1. The van der Waals surface area contributed by atoms with E-state index in [2.05, 4.69) is 4.74 Å². The summed E-state index contributed by atoms with van der Waals surface area (Å²) in [5, 5.41) is 1.34. The van der Waals surface area contributed by atoms with Crippen molar-refractivity contribution in [2.75, 3.05) is 0 Å². The zero-order chi connectivity index (χ0) is 16.5. The summed E-state index contributed by atoms with van der Waals surface area (Å²) in [6, 6.07) is 10.8. The standard InChI is InChI=1S/C15H11F5O2/c1-14(16,17)13(15(18,19)20)22-12(21)11-7-6-9-4-2-3-5-10(9)8-11/h2-8,13H,1H3. The number of halogens is 5. The summed E-state index contributed by atoms with van der Waals surface area (Å²) in [5.41, 5.74) is -0.225. The molecular weight excluding hydrogens is 307 g/mol. The third-order valence-electron chi connectivity index (χ3n) is 2.97. The molecule has 0 saturated carbocycles. The minimum absolute atomic E-state index is 0.0544. The first-order valence-electron chi connectivity index (χ1n) is 6.23. The van der Waals surface area contributed by atoms with Crippen LogP contribution in [0.2, 0.25) is 0 Å². The van der Waals surface area contributed by atoms with Crippen molar-refractivity contribution in [1.82, 2.24) is 0 Å². The zero-order valence-electron chi connectivity index (χ0n) is 11.3. The Labute approximate surface area is 122 Å². The number of rotatable bonds is 3. The van der Waals surface area contributed by atoms with Crippen molar-refractivity contribution in [3.05, 3.63) is 48.0 Å². The van der Waals surface area contributed by atoms with Crippen LogP contribution in [0.5, 0.6) is 0 Å². The number of hydrogen-bond donors (Lipinski definition) is 0. The maximum absolute atomic E-state index is 13.0. The van der Waals surface area contributed by atoms with E-state index in [1.807, 2.05) is 0 Å². The monoisotopic (exact) mass is 318 g/mol. The van der Waals surface area contributed by atoms with Gasteiger partial charge in [0, 0.05) is 6.92 Å². The van der Waals surface area contributed by atoms with Gasteiger partial charge in [0.05, 0.1) is 5.56 Å². The van der Waals surface area contributed by atoms with Gasteiger partial charge in [0.25, 0.3) is 12.0 Å². The van der Waals surface area contributed by atoms with E-state index in [9.17, 15) is 26.7 Å². The topological polar surface area (TPSA) is 26.3 Å². The third kappa shape index (κ3) is 3.52. The molecule has 0 fully saturated rings. The van der Waals surface area contributed by atoms with Crippen LogP contribution in [-0.2, 0) is 4.74 Å². The van der Waals surface area contributed by atoms with Gasteiger partial charge in [-0.15, -0.1) is 0 Å². The number of fused-ring (bicyclic) bond motifs is 1. The van der Waals surface area contributed by atoms with Crippen LogP contribution >= 0.6 is 0 Å². The van der Waals surface area contributed by atoms with Crippen molar-refractivity contribution in [2.24, 2.45) is 0 Å². The van der Waals surface area contributed by atoms with Crippen molar-refractivity contribution in [1.29, 1.82) is 0 Å². The van der Waals surface area contributed by atoms with E-state index in [4.69, 9.17) is 0 Å². The summed E-state index contributed by atoms with van der Waals surface area (Å²) in [6.45, 7) is 0.0544. The fraction of sp³-hybridized carbons (Fsp3) is 0.267. The molecule has 0 heterocycles. The molecule has 0 spiro atoms. The maximum atomic E-state index is 13.0. The molecule has 2 rings (SSSR count). The summed E-state index contributed by atoms with van der Waals surface area (Å²) < 4.78 is 67.8. The van der Waals surface area contributed by atoms with E-state index < -0.39 is 24.2 Å². The molecule has 1 atom stereocenters. The van der Waals surface area contributed by atoms with E-state index in [0.717, 1.165) is 5.39 Å². The SMILES string of the molecule is CC(F)(F)C(OC(=O)c1ccc2ccccc2c1)C(F)(F)F. The number of alkyl halides is 5. The Bertz CT molecular complexity index is 674. The Hall–Kier alpha value is -2.18. The highest BCUT2D eigenvalue weighted by Gasteiger charge is 2.56. The normalized spacial score (nSPS) is 13.9. The van der Waals surface area contributed by atoms with Gasteiger partial charge in [-0.2, -0.15) is 13.2 Å². The first kappa shape index (κ1) is 16.2. The van der Waals surface area contributed by atoms with Gasteiger partial charge in [-0.3, -0.25) is 0 Å². The zero-order valence-corrected chi connectivity index (χ0v) is 11.3. The van der Waals surface area contributed by atoms with Gasteiger partial charge in [0.15, 0.2) is 0 Å². The van der Waals surface area contributed by atoms with Gasteiger partial charge in [-0.25, -0.2) is 13.6 Å². The van der Waals surface area contributed by atoms with Crippen molar-refractivity contribution < 1.29 is 31.5 Å². The summed E-state index contributed by atoms with van der Waals surface area (Å²) in [5.74, 6) is -5.68. The second-order valence-electron chi connectivity index (χ2n) is 4.85. The second kappa shape index (κ2) is 5.55. The number of carbonyl (C=O) groups excluding carboxylic acids is 1. The quantitative estimate of drug-likeness (QED) is 0.611. The highest BCUT2D eigenvalue weighted by atomic mass is 19.4. The average molecular weight is 318 g/mol. The molecule has 2 aromatic carbocycles. The third-order valence-corrected chi connectivity index (χ3v) is 2.97. The lowest BCUT2D eigenvalue weighted by atomic mass is 10.1. The maximum Gasteiger partial charge on any atom is 0.431 e. The molecule has 22 heavy (non-hydrogen) atoms. The fourth-order valence-corrected chi connectivity index (χ4v) is 1.95. The number of esters is 1. The molecule has 118 valence electrons. The molecule has 7 heteroatoms. The number of benzene rings is 2. The molecule has 0 aliphatic rings. The molecule has 0 aliphatic carbocycles. The lowest BCUT2D eigenvalue weighted by Gasteiger charge is -2.25. The van der Waals surface area contributed by atoms with Crippen molar-refractivity contribution in [3.8, 4) is 0 Å². The summed E-state index contributed by atoms with van der Waals surface area (Å²) >= 11 is 0. The van der Waals surface area contributed by atoms with Gasteiger partial charge in [0.1, 0.15) is 0 Å². The predicted molar refractivity (Wildman–Crippen MR) is 69.8 cm³/mol. The largest absolute Gasteiger partial charge is 0.443 e. The molecule has 0 radical (unpaired) electrons. The Morgan fingerprint density at radius 3 is 2.14 bits per heavy atom. The van der Waals surface area contributed by atoms with Gasteiger partial charge < -0.3 is 4.74 Å². The van der Waals surface area contributed by atoms with Crippen molar-refractivity contribution in [3.63, 3.8) is 0 Å². The molecule has 0 amide bonds. The molecule has 0 saturated heterocycles. The highest BCUT2D eigenvalue weighted by molar-refractivity contribution is 5.95. The van der Waals surface area contributed by atoms with Crippen molar-refractivity contribution >= 4 is 16.7 Å². The smallest absolute Gasteiger partial charge is 0.431 e. The molecule has 0 aromatic heterocycles. The summed E-state index contributed by atoms with van der Waals surface area (Å²) in [7, 11) is 0. The van der Waals surface area contributed by atoms with Crippen LogP contribution in [-0.4, -0.2) is 24.2 Å². The van der Waals surface area contributed by atoms with Crippen molar-refractivity contribution in [2.45, 2.75) is 25.1 Å². The molecule has 0 bridgehead atoms. The Balaban J connectivity index is 2.29. The number of hydrogen-bond acceptors (Lipinski definition) is 2. The number of carbonyl (C=O) groups is 1. The van der Waals surface area contributed by atoms with E-state index in [1.165, 1.54) is 18.2 Å². The predicted octanol–water partition coefficient (Wildman–Crippen LogP) is 4.58. The van der Waals surface area contributed by atoms with Crippen LogP contribution in [0.25, 0.3) is 10.8 Å². The minimum atomic E-state index is -5.36. The molecule has 2 aromatic rings. The average Bonchev–Trinajstić information content (AvgIpc) is 2.41. The van der Waals surface area contributed by atoms with Gasteiger partial charge >= 0.3 is 12.1 Å². The van der Waals surface area contributed by atoms with Gasteiger partial charge in [0.2, 0.25) is 0 Å². The van der Waals surface area contributed by atoms with E-state index in [-0.39, 0.29) is 12.5 Å². The van der Waals surface area contributed by atoms with Gasteiger partial charge in [-0.05, 0) is 22.9 Å². The second-order valence-corrected chi connectivity index (χ2v) is 4.85. The molecule has 1 unspecified atom stereocenters. The minimum Gasteiger partial charge on any atom is -0.443 e. The Morgan fingerprint density at radius 1 is 1.00 bits per heavy atom. The van der Waals surface area contributed by atoms with Crippen LogP contribution in [0.15, 0.2) is 42.5 Å². The lowest BCUT2D eigenvalue weighted by Crippen LogP contribution is -2.46. The molecule has 0 N–H and O–H groups in total.